The third kappa shape index (κ3) is 7.87. The number of amides is 2. The van der Waals surface area contributed by atoms with Crippen molar-refractivity contribution in [1.82, 2.24) is 4.90 Å². The Labute approximate surface area is 175 Å². The van der Waals surface area contributed by atoms with Crippen molar-refractivity contribution in [3.63, 3.8) is 0 Å². The van der Waals surface area contributed by atoms with Crippen LogP contribution in [0, 0.1) is 0 Å². The van der Waals surface area contributed by atoms with Gasteiger partial charge in [-0.15, -0.1) is 0 Å². The number of anilines is 1. The summed E-state index contributed by atoms with van der Waals surface area (Å²) >= 11 is 0. The van der Waals surface area contributed by atoms with Gasteiger partial charge in [0.15, 0.2) is 6.29 Å². The second kappa shape index (κ2) is 12.2. The lowest BCUT2D eigenvalue weighted by atomic mass is 10.0. The summed E-state index contributed by atoms with van der Waals surface area (Å²) in [6, 6.07) is 18.0. The molecule has 0 spiro atoms. The fourth-order valence-electron chi connectivity index (χ4n) is 3.04. The second-order valence-corrected chi connectivity index (χ2v) is 7.23. The number of benzene rings is 2. The molecule has 2 aromatic carbocycles. The predicted molar refractivity (Wildman–Crippen MR) is 118 cm³/mol. The van der Waals surface area contributed by atoms with Crippen molar-refractivity contribution < 1.29 is 14.3 Å². The first kappa shape index (κ1) is 22.9. The molecule has 2 amide bonds. The molecule has 0 aliphatic rings. The lowest BCUT2D eigenvalue weighted by molar-refractivity contribution is -0.142. The van der Waals surface area contributed by atoms with Crippen molar-refractivity contribution in [1.29, 1.82) is 0 Å². The molecular weight excluding hydrogens is 364 g/mol. The first-order valence-corrected chi connectivity index (χ1v) is 10.5. The molecule has 0 fully saturated rings. The van der Waals surface area contributed by atoms with Crippen molar-refractivity contribution in [3.05, 3.63) is 65.7 Å². The summed E-state index contributed by atoms with van der Waals surface area (Å²) in [6.45, 7) is 10.2. The maximum atomic E-state index is 13.0. The summed E-state index contributed by atoms with van der Waals surface area (Å²) < 4.78 is 11.3. The average Bonchev–Trinajstić information content (AvgIpc) is 2.72. The largest absolute Gasteiger partial charge is 0.351 e. The first-order valence-electron chi connectivity index (χ1n) is 10.5. The Morgan fingerprint density at radius 2 is 1.59 bits per heavy atom. The maximum absolute atomic E-state index is 13.0. The van der Waals surface area contributed by atoms with E-state index in [1.165, 1.54) is 11.1 Å². The highest BCUT2D eigenvalue weighted by Crippen LogP contribution is 2.17. The van der Waals surface area contributed by atoms with E-state index < -0.39 is 6.29 Å². The van der Waals surface area contributed by atoms with E-state index in [0.717, 1.165) is 12.1 Å². The quantitative estimate of drug-likeness (QED) is 0.524. The standard InChI is InChI=1S/C24H34N2O3/c1-5-28-23(29-6-2)18-26(17-16-20-10-8-7-9-11-20)24(27)25-22-14-12-21(13-15-22)19(3)4/h7-15,19,23H,5-6,16-18H2,1-4H3,(H,25,27). The van der Waals surface area contributed by atoms with E-state index >= 15 is 0 Å². The molecule has 29 heavy (non-hydrogen) atoms. The van der Waals surface area contributed by atoms with Crippen LogP contribution in [0.15, 0.2) is 54.6 Å². The number of urea groups is 1. The van der Waals surface area contributed by atoms with E-state index in [-0.39, 0.29) is 6.03 Å². The van der Waals surface area contributed by atoms with Gasteiger partial charge >= 0.3 is 6.03 Å². The van der Waals surface area contributed by atoms with Gasteiger partial charge in [0.25, 0.3) is 0 Å². The fraction of sp³-hybridized carbons (Fsp3) is 0.458. The van der Waals surface area contributed by atoms with Gasteiger partial charge in [-0.05, 0) is 49.4 Å². The van der Waals surface area contributed by atoms with Crippen LogP contribution in [0.3, 0.4) is 0 Å². The summed E-state index contributed by atoms with van der Waals surface area (Å²) in [4.78, 5) is 14.8. The topological polar surface area (TPSA) is 50.8 Å². The van der Waals surface area contributed by atoms with Gasteiger partial charge < -0.3 is 19.7 Å². The monoisotopic (exact) mass is 398 g/mol. The van der Waals surface area contributed by atoms with Crippen LogP contribution in [0.25, 0.3) is 0 Å². The smallest absolute Gasteiger partial charge is 0.322 e. The Balaban J connectivity index is 2.07. The fourth-order valence-corrected chi connectivity index (χ4v) is 3.04. The lowest BCUT2D eigenvalue weighted by Gasteiger charge is -2.27. The van der Waals surface area contributed by atoms with E-state index in [9.17, 15) is 4.79 Å². The van der Waals surface area contributed by atoms with Crippen LogP contribution < -0.4 is 5.32 Å². The number of nitrogens with one attached hydrogen (secondary N) is 1. The highest BCUT2D eigenvalue weighted by molar-refractivity contribution is 5.89. The normalized spacial score (nSPS) is 11.1. The van der Waals surface area contributed by atoms with E-state index in [4.69, 9.17) is 9.47 Å². The van der Waals surface area contributed by atoms with Crippen LogP contribution in [0.2, 0.25) is 0 Å². The summed E-state index contributed by atoms with van der Waals surface area (Å²) in [5.41, 5.74) is 3.22. The zero-order valence-electron chi connectivity index (χ0n) is 18.1. The van der Waals surface area contributed by atoms with Crippen molar-refractivity contribution in [2.75, 3.05) is 31.6 Å². The van der Waals surface area contributed by atoms with Gasteiger partial charge in [-0.25, -0.2) is 4.79 Å². The number of carbonyl (C=O) groups excluding carboxylic acids is 1. The summed E-state index contributed by atoms with van der Waals surface area (Å²) in [6.07, 6.45) is 0.334. The Morgan fingerprint density at radius 3 is 2.14 bits per heavy atom. The minimum Gasteiger partial charge on any atom is -0.351 e. The Hall–Kier alpha value is -2.37. The highest BCUT2D eigenvalue weighted by atomic mass is 16.7. The molecule has 1 N–H and O–H groups in total. The molecule has 5 nitrogen and oxygen atoms in total. The summed E-state index contributed by atoms with van der Waals surface area (Å²) in [5, 5.41) is 3.01. The summed E-state index contributed by atoms with van der Waals surface area (Å²) in [7, 11) is 0. The Kier molecular flexibility index (Phi) is 9.68. The number of hydrogen-bond donors (Lipinski definition) is 1. The molecule has 5 heteroatoms. The van der Waals surface area contributed by atoms with Crippen LogP contribution in [-0.4, -0.2) is 43.5 Å². The zero-order chi connectivity index (χ0) is 21.1. The summed E-state index contributed by atoms with van der Waals surface area (Å²) in [5.74, 6) is 0.459. The van der Waals surface area contributed by atoms with Crippen LogP contribution in [0.1, 0.15) is 44.7 Å². The van der Waals surface area contributed by atoms with Crippen LogP contribution in [0.4, 0.5) is 10.5 Å². The number of ether oxygens (including phenoxy) is 2. The number of rotatable bonds is 11. The number of carbonyl (C=O) groups is 1. The zero-order valence-corrected chi connectivity index (χ0v) is 18.1. The minimum atomic E-state index is -0.435. The molecule has 0 radical (unpaired) electrons. The lowest BCUT2D eigenvalue weighted by Crippen LogP contribution is -2.43. The molecule has 0 aliphatic heterocycles. The van der Waals surface area contributed by atoms with Gasteiger partial charge in [0.05, 0.1) is 6.54 Å². The van der Waals surface area contributed by atoms with E-state index in [1.54, 1.807) is 4.90 Å². The van der Waals surface area contributed by atoms with Crippen molar-refractivity contribution >= 4 is 11.7 Å². The van der Waals surface area contributed by atoms with Gasteiger partial charge in [0.2, 0.25) is 0 Å². The third-order valence-electron chi connectivity index (χ3n) is 4.70. The maximum Gasteiger partial charge on any atom is 0.322 e. The van der Waals surface area contributed by atoms with Crippen LogP contribution in [-0.2, 0) is 15.9 Å². The van der Waals surface area contributed by atoms with E-state index in [0.29, 0.717) is 32.2 Å². The van der Waals surface area contributed by atoms with Crippen LogP contribution >= 0.6 is 0 Å². The molecule has 0 bridgehead atoms. The van der Waals surface area contributed by atoms with Crippen molar-refractivity contribution in [2.24, 2.45) is 0 Å². The van der Waals surface area contributed by atoms with Gasteiger partial charge in [0, 0.05) is 25.4 Å². The molecule has 0 saturated heterocycles. The molecule has 0 aromatic heterocycles. The van der Waals surface area contributed by atoms with Gasteiger partial charge in [-0.3, -0.25) is 0 Å². The SMILES string of the molecule is CCOC(CN(CCc1ccccc1)C(=O)Nc1ccc(C(C)C)cc1)OCC. The van der Waals surface area contributed by atoms with E-state index in [2.05, 4.69) is 43.4 Å². The molecule has 0 saturated carbocycles. The molecular formula is C24H34N2O3. The van der Waals surface area contributed by atoms with Gasteiger partial charge in [-0.1, -0.05) is 56.3 Å². The molecule has 0 atom stereocenters. The van der Waals surface area contributed by atoms with Crippen molar-refractivity contribution in [3.8, 4) is 0 Å². The van der Waals surface area contributed by atoms with Crippen molar-refractivity contribution in [2.45, 2.75) is 46.3 Å². The Morgan fingerprint density at radius 1 is 0.966 bits per heavy atom. The Bertz CT molecular complexity index is 711. The van der Waals surface area contributed by atoms with Crippen LogP contribution in [0.5, 0.6) is 0 Å². The minimum absolute atomic E-state index is 0.150. The van der Waals surface area contributed by atoms with Gasteiger partial charge in [0.1, 0.15) is 0 Å². The molecule has 0 heterocycles. The van der Waals surface area contributed by atoms with E-state index in [1.807, 2.05) is 44.2 Å². The molecule has 158 valence electrons. The average molecular weight is 399 g/mol. The van der Waals surface area contributed by atoms with Gasteiger partial charge in [-0.2, -0.15) is 0 Å². The third-order valence-corrected chi connectivity index (χ3v) is 4.70. The molecule has 0 aliphatic carbocycles. The molecule has 0 unspecified atom stereocenters. The highest BCUT2D eigenvalue weighted by Gasteiger charge is 2.20. The second-order valence-electron chi connectivity index (χ2n) is 7.23. The number of nitrogens with zero attached hydrogens (tertiary/aromatic N) is 1. The molecule has 2 rings (SSSR count). The molecule has 2 aromatic rings. The predicted octanol–water partition coefficient (Wildman–Crippen LogP) is 5.29. The number of hydrogen-bond acceptors (Lipinski definition) is 3. The first-order chi connectivity index (χ1) is 14.0.